The average Bonchev–Trinajstić information content (AvgIpc) is 2.68. The lowest BCUT2D eigenvalue weighted by molar-refractivity contribution is -0.147. The van der Waals surface area contributed by atoms with Crippen LogP contribution in [0.5, 0.6) is 0 Å². The molecule has 2 aromatic carbocycles. The third-order valence-electron chi connectivity index (χ3n) is 4.19. The second-order valence-electron chi connectivity index (χ2n) is 6.35. The molecule has 9 heteroatoms. The molecule has 0 heterocycles. The number of carbonyl (C=O) groups is 2. The van der Waals surface area contributed by atoms with E-state index in [9.17, 15) is 22.4 Å². The number of esters is 1. The van der Waals surface area contributed by atoms with Crippen LogP contribution in [0, 0.1) is 12.7 Å². The molecule has 156 valence electrons. The van der Waals surface area contributed by atoms with Gasteiger partial charge in [0, 0.05) is 19.3 Å². The van der Waals surface area contributed by atoms with Gasteiger partial charge in [-0.3, -0.25) is 9.59 Å². The quantitative estimate of drug-likeness (QED) is 0.610. The molecule has 1 amide bonds. The highest BCUT2D eigenvalue weighted by Gasteiger charge is 2.24. The molecule has 0 aliphatic rings. The molecule has 0 aliphatic carbocycles. The van der Waals surface area contributed by atoms with Crippen molar-refractivity contribution in [3.8, 4) is 0 Å². The first-order valence-corrected chi connectivity index (χ1v) is 10.3. The number of carbonyl (C=O) groups excluding carboxylic acids is 2. The molecular weight excluding hydrogens is 399 g/mol. The van der Waals surface area contributed by atoms with Crippen LogP contribution in [0.4, 0.5) is 10.1 Å². The molecule has 7 nitrogen and oxygen atoms in total. The molecule has 0 saturated heterocycles. The molecule has 0 atom stereocenters. The molecule has 0 spiro atoms. The smallest absolute Gasteiger partial charge is 0.321 e. The highest BCUT2D eigenvalue weighted by atomic mass is 32.2. The molecule has 2 aromatic rings. The Balaban J connectivity index is 1.95. The Morgan fingerprint density at radius 2 is 1.62 bits per heavy atom. The van der Waals surface area contributed by atoms with E-state index >= 15 is 0 Å². The van der Waals surface area contributed by atoms with Crippen LogP contribution in [-0.2, 0) is 24.3 Å². The van der Waals surface area contributed by atoms with E-state index in [2.05, 4.69) is 0 Å². The van der Waals surface area contributed by atoms with E-state index in [0.29, 0.717) is 12.2 Å². The minimum Gasteiger partial charge on any atom is -0.455 e. The highest BCUT2D eigenvalue weighted by Crippen LogP contribution is 2.16. The number of hydrogen-bond acceptors (Lipinski definition) is 5. The third-order valence-corrected chi connectivity index (χ3v) is 6.01. The van der Waals surface area contributed by atoms with E-state index in [1.54, 1.807) is 19.1 Å². The molecule has 0 aromatic heterocycles. The average molecular weight is 422 g/mol. The number of anilines is 1. The minimum atomic E-state index is -3.86. The lowest BCUT2D eigenvalue weighted by Gasteiger charge is -2.21. The van der Waals surface area contributed by atoms with Crippen LogP contribution in [0.1, 0.15) is 12.5 Å². The van der Waals surface area contributed by atoms with Crippen LogP contribution < -0.4 is 4.90 Å². The molecular formula is C20H23FN2O5S. The summed E-state index contributed by atoms with van der Waals surface area (Å²) in [6, 6.07) is 11.6. The summed E-state index contributed by atoms with van der Waals surface area (Å²) in [4.78, 5) is 25.7. The summed E-state index contributed by atoms with van der Waals surface area (Å²) in [5, 5.41) is 0. The summed E-state index contributed by atoms with van der Waals surface area (Å²) in [6.45, 7) is 2.77. The first-order chi connectivity index (χ1) is 13.6. The lowest BCUT2D eigenvalue weighted by Crippen LogP contribution is -2.37. The molecule has 0 unspecified atom stereocenters. The molecule has 0 N–H and O–H groups in total. The summed E-state index contributed by atoms with van der Waals surface area (Å²) in [6.07, 6.45) is 0. The number of hydrogen-bond donors (Lipinski definition) is 0. The van der Waals surface area contributed by atoms with Crippen molar-refractivity contribution >= 4 is 27.6 Å². The van der Waals surface area contributed by atoms with Crippen molar-refractivity contribution in [2.24, 2.45) is 0 Å². The fourth-order valence-corrected chi connectivity index (χ4v) is 3.66. The minimum absolute atomic E-state index is 0.0583. The van der Waals surface area contributed by atoms with E-state index in [-0.39, 0.29) is 4.90 Å². The summed E-state index contributed by atoms with van der Waals surface area (Å²) in [5.74, 6) is -1.79. The summed E-state index contributed by atoms with van der Waals surface area (Å²) < 4.78 is 43.8. The van der Waals surface area contributed by atoms with Gasteiger partial charge in [-0.1, -0.05) is 17.7 Å². The normalized spacial score (nSPS) is 11.3. The molecule has 29 heavy (non-hydrogen) atoms. The summed E-state index contributed by atoms with van der Waals surface area (Å²) >= 11 is 0. The maximum absolute atomic E-state index is 13.0. The standard InChI is InChI=1S/C20H23FN2O5S/c1-4-23(17-9-7-16(21)8-10-17)19(24)14-28-20(25)13-22(3)29(26,27)18-11-5-15(2)6-12-18/h5-12H,4,13-14H2,1-3H3. The number of amides is 1. The van der Waals surface area contributed by atoms with Crippen molar-refractivity contribution in [1.29, 1.82) is 0 Å². The van der Waals surface area contributed by atoms with E-state index in [1.165, 1.54) is 48.3 Å². The largest absolute Gasteiger partial charge is 0.455 e. The zero-order valence-electron chi connectivity index (χ0n) is 16.5. The zero-order chi connectivity index (χ0) is 21.6. The highest BCUT2D eigenvalue weighted by molar-refractivity contribution is 7.89. The van der Waals surface area contributed by atoms with Gasteiger partial charge >= 0.3 is 5.97 Å². The Labute approximate surface area is 169 Å². The van der Waals surface area contributed by atoms with E-state index in [0.717, 1.165) is 9.87 Å². The Morgan fingerprint density at radius 3 is 2.17 bits per heavy atom. The molecule has 0 fully saturated rings. The van der Waals surface area contributed by atoms with Gasteiger partial charge in [0.15, 0.2) is 6.61 Å². The Morgan fingerprint density at radius 1 is 1.03 bits per heavy atom. The van der Waals surface area contributed by atoms with E-state index in [4.69, 9.17) is 4.74 Å². The lowest BCUT2D eigenvalue weighted by atomic mass is 10.2. The third kappa shape index (κ3) is 5.85. The van der Waals surface area contributed by atoms with Gasteiger partial charge in [0.1, 0.15) is 12.4 Å². The van der Waals surface area contributed by atoms with Gasteiger partial charge in [-0.25, -0.2) is 12.8 Å². The number of halogens is 1. The number of sulfonamides is 1. The number of benzene rings is 2. The fraction of sp³-hybridized carbons (Fsp3) is 0.300. The van der Waals surface area contributed by atoms with Crippen LogP contribution in [0.25, 0.3) is 0 Å². The van der Waals surface area contributed by atoms with Crippen molar-refractivity contribution in [3.63, 3.8) is 0 Å². The number of aryl methyl sites for hydroxylation is 1. The van der Waals surface area contributed by atoms with Crippen LogP contribution in [0.2, 0.25) is 0 Å². The van der Waals surface area contributed by atoms with Crippen molar-refractivity contribution in [3.05, 3.63) is 59.9 Å². The fourth-order valence-electron chi connectivity index (χ4n) is 2.55. The SMILES string of the molecule is CCN(C(=O)COC(=O)CN(C)S(=O)(=O)c1ccc(C)cc1)c1ccc(F)cc1. The number of nitrogens with zero attached hydrogens (tertiary/aromatic N) is 2. The zero-order valence-corrected chi connectivity index (χ0v) is 17.3. The molecule has 0 bridgehead atoms. The Kier molecular flexibility index (Phi) is 7.46. The topological polar surface area (TPSA) is 84.0 Å². The van der Waals surface area contributed by atoms with Gasteiger partial charge in [0.25, 0.3) is 5.91 Å². The predicted octanol–water partition coefficient (Wildman–Crippen LogP) is 2.35. The Hall–Kier alpha value is -2.78. The number of rotatable bonds is 8. The van der Waals surface area contributed by atoms with Crippen LogP contribution in [0.3, 0.4) is 0 Å². The van der Waals surface area contributed by atoms with Gasteiger partial charge < -0.3 is 9.64 Å². The first-order valence-electron chi connectivity index (χ1n) is 8.89. The maximum atomic E-state index is 13.0. The van der Waals surface area contributed by atoms with Gasteiger partial charge in [0.05, 0.1) is 4.90 Å². The maximum Gasteiger partial charge on any atom is 0.321 e. The Bertz CT molecular complexity index is 959. The van der Waals surface area contributed by atoms with Crippen LogP contribution in [0.15, 0.2) is 53.4 Å². The van der Waals surface area contributed by atoms with E-state index < -0.39 is 40.9 Å². The summed E-state index contributed by atoms with van der Waals surface area (Å²) in [7, 11) is -2.60. The number of likely N-dealkylation sites (N-methyl/N-ethyl adjacent to an activating group) is 2. The van der Waals surface area contributed by atoms with Crippen LogP contribution in [-0.4, -0.2) is 51.3 Å². The molecule has 0 aliphatic heterocycles. The van der Waals surface area contributed by atoms with Crippen LogP contribution >= 0.6 is 0 Å². The van der Waals surface area contributed by atoms with Crippen molar-refractivity contribution in [2.45, 2.75) is 18.7 Å². The summed E-state index contributed by atoms with van der Waals surface area (Å²) in [5.41, 5.74) is 1.38. The predicted molar refractivity (Wildman–Crippen MR) is 106 cm³/mol. The van der Waals surface area contributed by atoms with Gasteiger partial charge in [0.2, 0.25) is 10.0 Å². The molecule has 2 rings (SSSR count). The first kappa shape index (κ1) is 22.5. The second-order valence-corrected chi connectivity index (χ2v) is 8.39. The van der Waals surface area contributed by atoms with Crippen molar-refractivity contribution in [1.82, 2.24) is 4.31 Å². The molecule has 0 saturated carbocycles. The monoisotopic (exact) mass is 422 g/mol. The van der Waals surface area contributed by atoms with Gasteiger partial charge in [-0.2, -0.15) is 4.31 Å². The van der Waals surface area contributed by atoms with E-state index in [1.807, 2.05) is 6.92 Å². The van der Waals surface area contributed by atoms with Crippen molar-refractivity contribution in [2.75, 3.05) is 31.6 Å². The molecule has 0 radical (unpaired) electrons. The van der Waals surface area contributed by atoms with Gasteiger partial charge in [-0.05, 0) is 50.2 Å². The van der Waals surface area contributed by atoms with Crippen molar-refractivity contribution < 1.29 is 27.1 Å². The van der Waals surface area contributed by atoms with Gasteiger partial charge in [-0.15, -0.1) is 0 Å². The number of ether oxygens (including phenoxy) is 1. The second kappa shape index (κ2) is 9.62.